The Hall–Kier alpha value is -7.04. The molecule has 0 radical (unpaired) electrons. The number of halogens is 2. The van der Waals surface area contributed by atoms with Crippen LogP contribution in [0.3, 0.4) is 0 Å². The molecule has 14 nitrogen and oxygen atoms in total. The number of fused-ring (bicyclic) bond motifs is 16. The largest absolute Gasteiger partial charge is 0.355 e. The number of nitrogens with zero attached hydrogens (tertiary/aromatic N) is 6. The number of aromatic nitrogens is 10. The standard InChI is InChI=1S/C56H50Br2N10O4/c1-3-5-7-9-11-13-21-67-53(69)43-41-42-44(48(58)47(43)57)54(70)68(22-14-12-10-8-6-4-2)56(72)46(42)52-51(45(41)55(67)71)65-37-27-35-36(28-38(37)66-52)64-50-40-26-34-20-18-32(61-34)24-30-16-15-29(59-30)23-31-17-19-33(60-31)25-39(62-40)49(50)63-35/h15-20,23-28,59,62,65-66H,3-14,21-22H2,1-2H3. The van der Waals surface area contributed by atoms with Gasteiger partial charge < -0.3 is 19.9 Å². The quantitative estimate of drug-likeness (QED) is 0.0469. The van der Waals surface area contributed by atoms with E-state index in [0.29, 0.717) is 77.0 Å². The van der Waals surface area contributed by atoms with Gasteiger partial charge in [0.2, 0.25) is 0 Å². The molecule has 8 bridgehead atoms. The van der Waals surface area contributed by atoms with Gasteiger partial charge in [-0.3, -0.25) is 28.3 Å². The lowest BCUT2D eigenvalue weighted by atomic mass is 9.94. The third-order valence-corrected chi connectivity index (χ3v) is 16.4. The van der Waals surface area contributed by atoms with Crippen LogP contribution in [0.15, 0.2) is 76.7 Å². The minimum Gasteiger partial charge on any atom is -0.355 e. The van der Waals surface area contributed by atoms with Gasteiger partial charge in [-0.2, -0.15) is 0 Å². The van der Waals surface area contributed by atoms with E-state index in [-0.39, 0.29) is 45.4 Å². The zero-order valence-corrected chi connectivity index (χ0v) is 43.1. The average molecular weight is 1090 g/mol. The normalized spacial score (nSPS) is 12.8. The van der Waals surface area contributed by atoms with Crippen molar-refractivity contribution in [3.05, 3.63) is 122 Å². The van der Waals surface area contributed by atoms with Crippen LogP contribution in [0.4, 0.5) is 0 Å². The van der Waals surface area contributed by atoms with Crippen LogP contribution in [0.2, 0.25) is 0 Å². The summed E-state index contributed by atoms with van der Waals surface area (Å²) in [6.45, 7) is 4.79. The molecule has 2 aliphatic rings. The van der Waals surface area contributed by atoms with E-state index in [4.69, 9.17) is 19.9 Å². The molecule has 0 saturated heterocycles. The third-order valence-electron chi connectivity index (χ3n) is 14.3. The molecule has 0 amide bonds. The van der Waals surface area contributed by atoms with Crippen LogP contribution in [-0.4, -0.2) is 49.0 Å². The molecule has 4 N–H and O–H groups in total. The Morgan fingerprint density at radius 3 is 1.24 bits per heavy atom. The van der Waals surface area contributed by atoms with Crippen LogP contribution in [0.5, 0.6) is 0 Å². The highest BCUT2D eigenvalue weighted by molar-refractivity contribution is 9.13. The molecule has 0 aliphatic carbocycles. The molecule has 9 heterocycles. The van der Waals surface area contributed by atoms with Crippen LogP contribution < -0.4 is 22.2 Å². The Labute approximate surface area is 427 Å². The number of aromatic amines is 4. The molecular formula is C56H50Br2N10O4. The summed E-state index contributed by atoms with van der Waals surface area (Å²) in [5, 5.41) is 1.48. The topological polar surface area (TPSA) is 193 Å². The summed E-state index contributed by atoms with van der Waals surface area (Å²) in [6.07, 6.45) is 19.6. The highest BCUT2D eigenvalue weighted by Crippen LogP contribution is 2.43. The molecule has 2 aliphatic heterocycles. The van der Waals surface area contributed by atoms with Crippen LogP contribution in [-0.2, 0) is 13.1 Å². The fraction of sp³-hybridized carbons (Fsp3) is 0.286. The van der Waals surface area contributed by atoms with E-state index >= 15 is 9.59 Å². The molecule has 12 rings (SSSR count). The number of unbranched alkanes of at least 4 members (excludes halogenated alkanes) is 10. The highest BCUT2D eigenvalue weighted by atomic mass is 79.9. The van der Waals surface area contributed by atoms with E-state index in [0.717, 1.165) is 98.0 Å². The van der Waals surface area contributed by atoms with Gasteiger partial charge in [0.25, 0.3) is 22.2 Å². The predicted octanol–water partition coefficient (Wildman–Crippen LogP) is 12.9. The molecule has 10 aromatic rings. The van der Waals surface area contributed by atoms with Crippen molar-refractivity contribution in [3.63, 3.8) is 0 Å². The molecule has 0 fully saturated rings. The SMILES string of the molecule is CCCCCCCCn1c(=O)c2c(Br)c(Br)c3c(=O)n(CCCCCCCC)c(=O)c4c5[nH]c6cc7nc8c9cc%10nc(cc%11ccc(cc%12nc(cc([nH]9)c8nc7cc6[nH]c5c(c1=O)c2c34)C=C%12)[nH]%11)C=C%10. The second-order valence-electron chi connectivity index (χ2n) is 19.2. The van der Waals surface area contributed by atoms with Gasteiger partial charge in [0.1, 0.15) is 11.0 Å². The van der Waals surface area contributed by atoms with Crippen molar-refractivity contribution in [2.75, 3.05) is 0 Å². The van der Waals surface area contributed by atoms with Crippen LogP contribution in [0.25, 0.3) is 123 Å². The zero-order chi connectivity index (χ0) is 49.4. The molecule has 7 aromatic heterocycles. The first kappa shape index (κ1) is 46.1. The minimum absolute atomic E-state index is 0.221. The van der Waals surface area contributed by atoms with Gasteiger partial charge in [-0.25, -0.2) is 19.9 Å². The first-order chi connectivity index (χ1) is 35.1. The van der Waals surface area contributed by atoms with Gasteiger partial charge in [0, 0.05) is 43.8 Å². The summed E-state index contributed by atoms with van der Waals surface area (Å²) >= 11 is 7.44. The Bertz CT molecular complexity index is 4130. The first-order valence-corrected chi connectivity index (χ1v) is 26.7. The zero-order valence-electron chi connectivity index (χ0n) is 39.9. The summed E-state index contributed by atoms with van der Waals surface area (Å²) in [5.41, 5.74) is 8.74. The Morgan fingerprint density at radius 1 is 0.417 bits per heavy atom. The lowest BCUT2D eigenvalue weighted by Gasteiger charge is -2.19. The maximum atomic E-state index is 15.1. The van der Waals surface area contributed by atoms with Crippen LogP contribution >= 0.6 is 31.9 Å². The van der Waals surface area contributed by atoms with Crippen molar-refractivity contribution in [2.45, 2.75) is 104 Å². The summed E-state index contributed by atoms with van der Waals surface area (Å²) in [4.78, 5) is 94.0. The Kier molecular flexibility index (Phi) is 11.9. The van der Waals surface area contributed by atoms with Crippen molar-refractivity contribution in [1.29, 1.82) is 0 Å². The maximum Gasteiger partial charge on any atom is 0.263 e. The number of nitrogens with one attached hydrogen (secondary N) is 4. The van der Waals surface area contributed by atoms with Crippen molar-refractivity contribution >= 4 is 155 Å². The van der Waals surface area contributed by atoms with E-state index in [1.165, 1.54) is 9.13 Å². The van der Waals surface area contributed by atoms with Gasteiger partial charge in [0.15, 0.2) is 0 Å². The molecule has 16 heteroatoms. The lowest BCUT2D eigenvalue weighted by Crippen LogP contribution is -2.36. The molecule has 72 heavy (non-hydrogen) atoms. The minimum atomic E-state index is -0.486. The van der Waals surface area contributed by atoms with E-state index in [2.05, 4.69) is 65.6 Å². The first-order valence-electron chi connectivity index (χ1n) is 25.1. The number of hydrogen-bond donors (Lipinski definition) is 4. The van der Waals surface area contributed by atoms with Gasteiger partial charge in [-0.15, -0.1) is 0 Å². The molecule has 0 saturated carbocycles. The summed E-state index contributed by atoms with van der Waals surface area (Å²) < 4.78 is 3.38. The third kappa shape index (κ3) is 7.81. The van der Waals surface area contributed by atoms with E-state index in [9.17, 15) is 9.59 Å². The van der Waals surface area contributed by atoms with Crippen molar-refractivity contribution in [3.8, 4) is 0 Å². The fourth-order valence-electron chi connectivity index (χ4n) is 10.7. The highest BCUT2D eigenvalue weighted by Gasteiger charge is 2.29. The Balaban J connectivity index is 1.13. The number of hydrogen-bond acceptors (Lipinski definition) is 8. The van der Waals surface area contributed by atoms with E-state index in [1.807, 2.05) is 72.8 Å². The van der Waals surface area contributed by atoms with E-state index < -0.39 is 22.2 Å². The molecule has 362 valence electrons. The maximum absolute atomic E-state index is 15.1. The monoisotopic (exact) mass is 1080 g/mol. The Morgan fingerprint density at radius 2 is 0.806 bits per heavy atom. The molecular weight excluding hydrogens is 1040 g/mol. The van der Waals surface area contributed by atoms with Gasteiger partial charge in [0.05, 0.1) is 88.5 Å². The smallest absolute Gasteiger partial charge is 0.263 e. The van der Waals surface area contributed by atoms with Crippen molar-refractivity contribution < 1.29 is 0 Å². The lowest BCUT2D eigenvalue weighted by molar-refractivity contribution is 0.545. The summed E-state index contributed by atoms with van der Waals surface area (Å²) in [5.74, 6) is 0. The van der Waals surface area contributed by atoms with Gasteiger partial charge >= 0.3 is 0 Å². The van der Waals surface area contributed by atoms with Crippen molar-refractivity contribution in [2.24, 2.45) is 0 Å². The number of H-pyrrole nitrogens is 4. The van der Waals surface area contributed by atoms with Crippen LogP contribution in [0.1, 0.15) is 114 Å². The average Bonchev–Trinajstić information content (AvgIpc) is 4.19. The fourth-order valence-corrected chi connectivity index (χ4v) is 11.9. The van der Waals surface area contributed by atoms with Gasteiger partial charge in [-0.05, 0) is 118 Å². The number of rotatable bonds is 14. The predicted molar refractivity (Wildman–Crippen MR) is 300 cm³/mol. The summed E-state index contributed by atoms with van der Waals surface area (Å²) in [6, 6.07) is 15.7. The van der Waals surface area contributed by atoms with Gasteiger partial charge in [-0.1, -0.05) is 78.1 Å². The van der Waals surface area contributed by atoms with E-state index in [1.54, 1.807) is 0 Å². The number of pyridine rings is 2. The number of benzene rings is 3. The molecule has 3 aromatic carbocycles. The van der Waals surface area contributed by atoms with Crippen molar-refractivity contribution in [1.82, 2.24) is 49.0 Å². The second kappa shape index (κ2) is 18.5. The summed E-state index contributed by atoms with van der Waals surface area (Å²) in [7, 11) is 0. The molecule has 0 unspecified atom stereocenters. The van der Waals surface area contributed by atoms with Crippen LogP contribution in [0, 0.1) is 0 Å². The molecule has 0 spiro atoms. The second-order valence-corrected chi connectivity index (χ2v) is 20.8. The molecule has 0 atom stereocenters.